The minimum Gasteiger partial charge on any atom is -0.462 e. The summed E-state index contributed by atoms with van der Waals surface area (Å²) in [6, 6.07) is 4.79. The van der Waals surface area contributed by atoms with Crippen molar-refractivity contribution in [2.45, 2.75) is 81.9 Å². The second-order valence-electron chi connectivity index (χ2n) is 13.9. The van der Waals surface area contributed by atoms with Gasteiger partial charge in [0, 0.05) is 15.7 Å². The fourth-order valence-corrected chi connectivity index (χ4v) is 10.9. The van der Waals surface area contributed by atoms with Crippen LogP contribution in [0.25, 0.3) is 0 Å². The van der Waals surface area contributed by atoms with E-state index < -0.39 is 11.9 Å². The second-order valence-corrected chi connectivity index (χ2v) is 14.7. The Bertz CT molecular complexity index is 933. The Kier molecular flexibility index (Phi) is 6.13. The van der Waals surface area contributed by atoms with E-state index >= 15 is 0 Å². The first-order valence-electron chi connectivity index (χ1n) is 14.4. The van der Waals surface area contributed by atoms with Gasteiger partial charge in [-0.1, -0.05) is 0 Å². The normalized spacial score (nSPS) is 40.7. The van der Waals surface area contributed by atoms with Gasteiger partial charge in [0.05, 0.1) is 36.4 Å². The molecule has 6 nitrogen and oxygen atoms in total. The molecule has 0 unspecified atom stereocenters. The lowest BCUT2D eigenvalue weighted by atomic mass is 9.50. The molecule has 37 heavy (non-hydrogen) atoms. The van der Waals surface area contributed by atoms with E-state index in [1.165, 1.54) is 77.0 Å². The first-order chi connectivity index (χ1) is 17.9. The van der Waals surface area contributed by atoms with Crippen LogP contribution in [0.3, 0.4) is 0 Å². The molecule has 7 heteroatoms. The van der Waals surface area contributed by atoms with Gasteiger partial charge in [0.2, 0.25) is 0 Å². The maximum atomic E-state index is 13.2. The highest BCUT2D eigenvalue weighted by atomic mass is 32.2. The highest BCUT2D eigenvalue weighted by molar-refractivity contribution is 7.94. The predicted octanol–water partition coefficient (Wildman–Crippen LogP) is 6.93. The number of rotatable bonds is 8. The number of benzene rings is 1. The molecule has 200 valence electrons. The van der Waals surface area contributed by atoms with E-state index in [1.807, 2.05) is 0 Å². The minimum absolute atomic E-state index is 0.130. The van der Waals surface area contributed by atoms with E-state index in [4.69, 9.17) is 14.7 Å². The van der Waals surface area contributed by atoms with Gasteiger partial charge < -0.3 is 9.47 Å². The second kappa shape index (κ2) is 9.27. The molecule has 8 saturated carbocycles. The number of hydrogen-bond acceptors (Lipinski definition) is 7. The molecular weight excluding hydrogens is 488 g/mol. The molecule has 8 aliphatic rings. The Hall–Kier alpha value is -1.57. The lowest BCUT2D eigenvalue weighted by molar-refractivity contribution is -0.116. The number of carbonyl (C=O) groups is 2. The molecule has 9 rings (SSSR count). The summed E-state index contributed by atoms with van der Waals surface area (Å²) in [6.07, 6.45) is 15.1. The van der Waals surface area contributed by atoms with Crippen molar-refractivity contribution in [3.05, 3.63) is 29.3 Å². The van der Waals surface area contributed by atoms with Crippen molar-refractivity contribution in [2.24, 2.45) is 46.3 Å². The average Bonchev–Trinajstić information content (AvgIpc) is 2.84. The first kappa shape index (κ1) is 24.5. The molecule has 1 N–H and O–H groups in total. The average molecular weight is 527 g/mol. The topological polar surface area (TPSA) is 82.1 Å². The van der Waals surface area contributed by atoms with Crippen molar-refractivity contribution in [2.75, 3.05) is 13.2 Å². The van der Waals surface area contributed by atoms with E-state index in [0.29, 0.717) is 41.3 Å². The van der Waals surface area contributed by atoms with Gasteiger partial charge >= 0.3 is 11.9 Å². The largest absolute Gasteiger partial charge is 0.462 e. The van der Waals surface area contributed by atoms with Gasteiger partial charge in [-0.2, -0.15) is 4.33 Å². The van der Waals surface area contributed by atoms with Gasteiger partial charge in [-0.25, -0.2) is 14.8 Å². The van der Waals surface area contributed by atoms with Crippen molar-refractivity contribution in [3.63, 3.8) is 0 Å². The monoisotopic (exact) mass is 526 g/mol. The molecule has 0 spiro atoms. The highest BCUT2D eigenvalue weighted by Gasteiger charge is 2.52. The van der Waals surface area contributed by atoms with Crippen LogP contribution in [0.4, 0.5) is 0 Å². The van der Waals surface area contributed by atoms with Crippen LogP contribution in [-0.4, -0.2) is 30.4 Å². The standard InChI is InChI=1S/C30H38O6S/c31-27(34-16-29-10-18-1-19(11-29)3-20(2-18)12-29)24-7-25(9-26(8-24)37-36-33)28(32)35-17-30-13-21-4-22(14-30)6-23(5-21)15-30/h7-9,18-23,33H,1-6,10-17H2. The Morgan fingerprint density at radius 2 is 1.03 bits per heavy atom. The molecular formula is C30H38O6S. The molecule has 0 aliphatic heterocycles. The molecule has 0 aromatic heterocycles. The molecule has 0 heterocycles. The smallest absolute Gasteiger partial charge is 0.338 e. The van der Waals surface area contributed by atoms with E-state index in [9.17, 15) is 9.59 Å². The number of esters is 2. The number of hydrogen-bond donors (Lipinski definition) is 1. The van der Waals surface area contributed by atoms with Crippen LogP contribution in [0.2, 0.25) is 0 Å². The summed E-state index contributed by atoms with van der Waals surface area (Å²) in [6.45, 7) is 0.907. The zero-order valence-corrected chi connectivity index (χ0v) is 22.3. The Balaban J connectivity index is 1.03. The third-order valence-electron chi connectivity index (χ3n) is 10.9. The van der Waals surface area contributed by atoms with Crippen LogP contribution in [-0.2, 0) is 13.8 Å². The first-order valence-corrected chi connectivity index (χ1v) is 15.1. The Labute approximate surface area is 223 Å². The summed E-state index contributed by atoms with van der Waals surface area (Å²) in [7, 11) is 0. The van der Waals surface area contributed by atoms with Crippen molar-refractivity contribution < 1.29 is 28.7 Å². The minimum atomic E-state index is -0.425. The van der Waals surface area contributed by atoms with Gasteiger partial charge in [-0.05, 0) is 131 Å². The maximum absolute atomic E-state index is 13.2. The molecule has 1 aromatic carbocycles. The van der Waals surface area contributed by atoms with Crippen LogP contribution < -0.4 is 0 Å². The molecule has 8 fully saturated rings. The Morgan fingerprint density at radius 3 is 1.35 bits per heavy atom. The van der Waals surface area contributed by atoms with Crippen molar-refractivity contribution in [1.82, 2.24) is 0 Å². The lowest BCUT2D eigenvalue weighted by Crippen LogP contribution is -2.48. The molecule has 0 atom stereocenters. The van der Waals surface area contributed by atoms with Gasteiger partial charge in [0.1, 0.15) is 0 Å². The zero-order chi connectivity index (χ0) is 25.2. The third kappa shape index (κ3) is 4.74. The molecule has 0 radical (unpaired) electrons. The summed E-state index contributed by atoms with van der Waals surface area (Å²) in [5.41, 5.74) is 0.858. The summed E-state index contributed by atoms with van der Waals surface area (Å²) >= 11 is 0.709. The summed E-state index contributed by atoms with van der Waals surface area (Å²) in [5.74, 6) is 3.91. The van der Waals surface area contributed by atoms with E-state index in [1.54, 1.807) is 18.2 Å². The molecule has 8 aliphatic carbocycles. The molecule has 0 saturated heterocycles. The fraction of sp³-hybridized carbons (Fsp3) is 0.733. The van der Waals surface area contributed by atoms with Crippen LogP contribution in [0.5, 0.6) is 0 Å². The van der Waals surface area contributed by atoms with E-state index in [-0.39, 0.29) is 10.8 Å². The van der Waals surface area contributed by atoms with Gasteiger partial charge in [0.15, 0.2) is 0 Å². The molecule has 0 amide bonds. The molecule has 1 aromatic rings. The number of carbonyl (C=O) groups excluding carboxylic acids is 2. The van der Waals surface area contributed by atoms with Crippen molar-refractivity contribution in [3.8, 4) is 0 Å². The fourth-order valence-electron chi connectivity index (χ4n) is 10.5. The quantitative estimate of drug-likeness (QED) is 0.170. The summed E-state index contributed by atoms with van der Waals surface area (Å²) in [5, 5.41) is 9.01. The van der Waals surface area contributed by atoms with Crippen molar-refractivity contribution in [1.29, 1.82) is 0 Å². The lowest BCUT2D eigenvalue weighted by Gasteiger charge is -2.56. The molecule has 8 bridgehead atoms. The van der Waals surface area contributed by atoms with Gasteiger partial charge in [0.25, 0.3) is 0 Å². The highest BCUT2D eigenvalue weighted by Crippen LogP contribution is 2.61. The third-order valence-corrected chi connectivity index (χ3v) is 11.4. The number of ether oxygens (including phenoxy) is 2. The van der Waals surface area contributed by atoms with Crippen molar-refractivity contribution >= 4 is 24.0 Å². The van der Waals surface area contributed by atoms with E-state index in [2.05, 4.69) is 4.33 Å². The van der Waals surface area contributed by atoms with Crippen LogP contribution >= 0.6 is 12.0 Å². The van der Waals surface area contributed by atoms with Gasteiger partial charge in [-0.3, -0.25) is 0 Å². The van der Waals surface area contributed by atoms with Gasteiger partial charge in [-0.15, -0.1) is 0 Å². The Morgan fingerprint density at radius 1 is 0.676 bits per heavy atom. The predicted molar refractivity (Wildman–Crippen MR) is 138 cm³/mol. The summed E-state index contributed by atoms with van der Waals surface area (Å²) < 4.78 is 16.1. The van der Waals surface area contributed by atoms with E-state index in [0.717, 1.165) is 35.5 Å². The van der Waals surface area contributed by atoms with Crippen LogP contribution in [0.1, 0.15) is 97.8 Å². The maximum Gasteiger partial charge on any atom is 0.338 e. The zero-order valence-electron chi connectivity index (χ0n) is 21.5. The van der Waals surface area contributed by atoms with Crippen LogP contribution in [0.15, 0.2) is 23.1 Å². The SMILES string of the molecule is O=C(OCC12CC3CC(CC(C3)C1)C2)c1cc(SOO)cc(C(=O)OCC23CC4CC(CC(C4)C2)C3)c1. The van der Waals surface area contributed by atoms with Crippen LogP contribution in [0, 0.1) is 46.3 Å². The summed E-state index contributed by atoms with van der Waals surface area (Å²) in [4.78, 5) is 26.8.